The molecule has 1 aliphatic heterocycles. The topological polar surface area (TPSA) is 89.8 Å². The number of halogens is 1. The minimum absolute atomic E-state index is 0.0317. The number of amides is 2. The molecule has 2 aromatic rings. The van der Waals surface area contributed by atoms with Crippen molar-refractivity contribution in [3.63, 3.8) is 0 Å². The Hall–Kier alpha value is -2.84. The number of ether oxygens (including phenoxy) is 1. The zero-order chi connectivity index (χ0) is 21.8. The van der Waals surface area contributed by atoms with Crippen LogP contribution in [0.15, 0.2) is 47.4 Å². The molecule has 1 atom stereocenters. The molecule has 2 aromatic carbocycles. The van der Waals surface area contributed by atoms with Gasteiger partial charge in [0.1, 0.15) is 5.75 Å². The summed E-state index contributed by atoms with van der Waals surface area (Å²) in [4.78, 5) is 36.6. The van der Waals surface area contributed by atoms with Crippen molar-refractivity contribution in [2.45, 2.75) is 32.9 Å². The van der Waals surface area contributed by atoms with Crippen LogP contribution in [0.5, 0.6) is 5.75 Å². The molecule has 1 aliphatic rings. The van der Waals surface area contributed by atoms with Gasteiger partial charge in [0.2, 0.25) is 0 Å². The first kappa shape index (κ1) is 21.9. The Morgan fingerprint density at radius 1 is 1.23 bits per heavy atom. The van der Waals surface area contributed by atoms with Crippen LogP contribution in [0.3, 0.4) is 0 Å². The number of imide groups is 1. The van der Waals surface area contributed by atoms with Gasteiger partial charge in [0.05, 0.1) is 27.5 Å². The summed E-state index contributed by atoms with van der Waals surface area (Å²) in [7, 11) is 0. The third-order valence-electron chi connectivity index (χ3n) is 4.52. The van der Waals surface area contributed by atoms with Gasteiger partial charge in [-0.05, 0) is 54.4 Å². The molecule has 156 valence electrons. The summed E-state index contributed by atoms with van der Waals surface area (Å²) in [6.45, 7) is 4.01. The molecule has 1 fully saturated rings. The van der Waals surface area contributed by atoms with Crippen molar-refractivity contribution in [3.8, 4) is 5.75 Å². The average molecular weight is 447 g/mol. The highest BCUT2D eigenvalue weighted by Gasteiger charge is 2.35. The molecule has 0 bridgehead atoms. The van der Waals surface area contributed by atoms with Crippen LogP contribution in [-0.2, 0) is 11.3 Å². The lowest BCUT2D eigenvalue weighted by molar-refractivity contribution is -0.384. The summed E-state index contributed by atoms with van der Waals surface area (Å²) in [5, 5.41) is 10.8. The predicted molar refractivity (Wildman–Crippen MR) is 116 cm³/mol. The van der Waals surface area contributed by atoms with Crippen LogP contribution in [0.25, 0.3) is 6.08 Å². The van der Waals surface area contributed by atoms with Crippen molar-refractivity contribution in [2.75, 3.05) is 0 Å². The summed E-state index contributed by atoms with van der Waals surface area (Å²) in [5.41, 5.74) is 1.25. The largest absolute Gasteiger partial charge is 0.489 e. The second kappa shape index (κ2) is 9.32. The first-order chi connectivity index (χ1) is 14.3. The fourth-order valence-corrected chi connectivity index (χ4v) is 3.77. The van der Waals surface area contributed by atoms with Crippen LogP contribution in [0.1, 0.15) is 31.4 Å². The van der Waals surface area contributed by atoms with Crippen LogP contribution in [0.4, 0.5) is 10.5 Å². The van der Waals surface area contributed by atoms with Gasteiger partial charge in [0, 0.05) is 12.1 Å². The molecule has 30 heavy (non-hydrogen) atoms. The maximum atomic E-state index is 12.7. The number of nitrogens with zero attached hydrogens (tertiary/aromatic N) is 2. The number of nitro benzene ring substituents is 1. The van der Waals surface area contributed by atoms with Crippen LogP contribution in [0.2, 0.25) is 5.02 Å². The average Bonchev–Trinajstić information content (AvgIpc) is 2.97. The van der Waals surface area contributed by atoms with E-state index in [4.69, 9.17) is 16.3 Å². The standard InChI is InChI=1S/C21H19ClN2O5S/c1-3-13(2)29-18-9-6-15(10-17(18)22)11-19-20(25)23(21(26)30-19)12-14-4-7-16(8-5-14)24(27)28/h4-11,13H,3,12H2,1-2H3/b19-11-/t13-/m0/s1. The number of benzene rings is 2. The zero-order valence-corrected chi connectivity index (χ0v) is 17.9. The van der Waals surface area contributed by atoms with E-state index >= 15 is 0 Å². The van der Waals surface area contributed by atoms with Crippen LogP contribution < -0.4 is 4.74 Å². The third-order valence-corrected chi connectivity index (χ3v) is 5.72. The molecule has 0 saturated carbocycles. The lowest BCUT2D eigenvalue weighted by atomic mass is 10.2. The van der Waals surface area contributed by atoms with E-state index in [0.29, 0.717) is 21.9 Å². The predicted octanol–water partition coefficient (Wildman–Crippen LogP) is 5.66. The van der Waals surface area contributed by atoms with E-state index in [0.717, 1.165) is 23.1 Å². The van der Waals surface area contributed by atoms with Crippen LogP contribution in [-0.4, -0.2) is 27.1 Å². The van der Waals surface area contributed by atoms with Gasteiger partial charge in [0.25, 0.3) is 16.8 Å². The molecular weight excluding hydrogens is 428 g/mol. The molecule has 0 N–H and O–H groups in total. The molecule has 0 unspecified atom stereocenters. The maximum Gasteiger partial charge on any atom is 0.293 e. The monoisotopic (exact) mass is 446 g/mol. The molecule has 0 aliphatic carbocycles. The van der Waals surface area contributed by atoms with Gasteiger partial charge in [-0.15, -0.1) is 0 Å². The minimum atomic E-state index is -0.503. The molecule has 7 nitrogen and oxygen atoms in total. The number of thioether (sulfide) groups is 1. The molecule has 1 heterocycles. The van der Waals surface area contributed by atoms with Crippen molar-refractivity contribution >= 4 is 46.3 Å². The van der Waals surface area contributed by atoms with Gasteiger partial charge in [-0.1, -0.05) is 36.7 Å². The van der Waals surface area contributed by atoms with Gasteiger partial charge in [-0.2, -0.15) is 0 Å². The minimum Gasteiger partial charge on any atom is -0.489 e. The van der Waals surface area contributed by atoms with Crippen molar-refractivity contribution in [1.29, 1.82) is 0 Å². The van der Waals surface area contributed by atoms with E-state index in [1.54, 1.807) is 24.3 Å². The number of rotatable bonds is 7. The summed E-state index contributed by atoms with van der Waals surface area (Å²) >= 11 is 7.12. The van der Waals surface area contributed by atoms with Crippen molar-refractivity contribution < 1.29 is 19.2 Å². The van der Waals surface area contributed by atoms with Crippen LogP contribution in [0, 0.1) is 10.1 Å². The Kier molecular flexibility index (Phi) is 6.79. The second-order valence-corrected chi connectivity index (χ2v) is 8.12. The molecule has 9 heteroatoms. The second-order valence-electron chi connectivity index (χ2n) is 6.72. The highest BCUT2D eigenvalue weighted by molar-refractivity contribution is 8.18. The number of carbonyl (C=O) groups is 2. The SMILES string of the molecule is CC[C@H](C)Oc1ccc(/C=C2\SC(=O)N(Cc3ccc([N+](=O)[O-])cc3)C2=O)cc1Cl. The Labute approximate surface area is 182 Å². The third kappa shape index (κ3) is 5.01. The summed E-state index contributed by atoms with van der Waals surface area (Å²) in [5.74, 6) is 0.147. The molecule has 0 aromatic heterocycles. The molecule has 1 saturated heterocycles. The lowest BCUT2D eigenvalue weighted by Gasteiger charge is -2.14. The Bertz CT molecular complexity index is 1020. The number of hydrogen-bond donors (Lipinski definition) is 0. The van der Waals surface area contributed by atoms with Crippen molar-refractivity contribution in [2.24, 2.45) is 0 Å². The Balaban J connectivity index is 1.74. The van der Waals surface area contributed by atoms with E-state index < -0.39 is 16.1 Å². The van der Waals surface area contributed by atoms with E-state index in [1.165, 1.54) is 24.3 Å². The smallest absolute Gasteiger partial charge is 0.293 e. The highest BCUT2D eigenvalue weighted by Crippen LogP contribution is 2.35. The van der Waals surface area contributed by atoms with Gasteiger partial charge >= 0.3 is 0 Å². The van der Waals surface area contributed by atoms with Gasteiger partial charge in [-0.25, -0.2) is 0 Å². The fourth-order valence-electron chi connectivity index (χ4n) is 2.70. The first-order valence-corrected chi connectivity index (χ1v) is 10.4. The summed E-state index contributed by atoms with van der Waals surface area (Å²) < 4.78 is 5.73. The van der Waals surface area contributed by atoms with E-state index in [9.17, 15) is 19.7 Å². The van der Waals surface area contributed by atoms with Gasteiger partial charge < -0.3 is 4.74 Å². The van der Waals surface area contributed by atoms with E-state index in [2.05, 4.69) is 0 Å². The molecule has 3 rings (SSSR count). The molecule has 2 amide bonds. The normalized spacial score (nSPS) is 16.2. The number of carbonyl (C=O) groups excluding carboxylic acids is 2. The van der Waals surface area contributed by atoms with E-state index in [-0.39, 0.29) is 23.2 Å². The summed E-state index contributed by atoms with van der Waals surface area (Å²) in [6, 6.07) is 10.9. The van der Waals surface area contributed by atoms with E-state index in [1.807, 2.05) is 13.8 Å². The van der Waals surface area contributed by atoms with Crippen molar-refractivity contribution in [1.82, 2.24) is 4.90 Å². The van der Waals surface area contributed by atoms with Gasteiger partial charge in [0.15, 0.2) is 0 Å². The maximum absolute atomic E-state index is 12.7. The fraction of sp³-hybridized carbons (Fsp3) is 0.238. The first-order valence-electron chi connectivity index (χ1n) is 9.23. The number of non-ortho nitro benzene ring substituents is 1. The number of nitro groups is 1. The quantitative estimate of drug-likeness (QED) is 0.309. The highest BCUT2D eigenvalue weighted by atomic mass is 35.5. The molecule has 0 spiro atoms. The lowest BCUT2D eigenvalue weighted by Crippen LogP contribution is -2.27. The molecular formula is C21H19ClN2O5S. The number of hydrogen-bond acceptors (Lipinski definition) is 6. The summed E-state index contributed by atoms with van der Waals surface area (Å²) in [6.07, 6.45) is 2.49. The zero-order valence-electron chi connectivity index (χ0n) is 16.3. The molecule has 0 radical (unpaired) electrons. The van der Waals surface area contributed by atoms with Gasteiger partial charge in [-0.3, -0.25) is 24.6 Å². The van der Waals surface area contributed by atoms with Crippen LogP contribution >= 0.6 is 23.4 Å². The Morgan fingerprint density at radius 3 is 2.53 bits per heavy atom. The Morgan fingerprint density at radius 2 is 1.93 bits per heavy atom. The van der Waals surface area contributed by atoms with Crippen molar-refractivity contribution in [3.05, 3.63) is 73.6 Å².